The summed E-state index contributed by atoms with van der Waals surface area (Å²) in [5, 5.41) is 8.60. The van der Waals surface area contributed by atoms with E-state index in [2.05, 4.69) is 15.9 Å². The van der Waals surface area contributed by atoms with Gasteiger partial charge in [0, 0.05) is 11.1 Å². The zero-order chi connectivity index (χ0) is 10.7. The van der Waals surface area contributed by atoms with Crippen LogP contribution in [0.3, 0.4) is 0 Å². The number of carboxylic acid groups (broad SMARTS) is 1. The van der Waals surface area contributed by atoms with Gasteiger partial charge in [0.05, 0.1) is 4.47 Å². The molecule has 1 aromatic carbocycles. The molecule has 74 valence electrons. The van der Waals surface area contributed by atoms with E-state index >= 15 is 0 Å². The minimum Gasteiger partial charge on any atom is -0.478 e. The standard InChI is InChI=1S/C10H8BrFO2/c1-6(10(13)14)5-7-3-2-4-8(11)9(7)12/h2-5H,1H3,(H,13,14)/b6-5-. The molecule has 4 heteroatoms. The van der Waals surface area contributed by atoms with Gasteiger partial charge < -0.3 is 5.11 Å². The molecule has 0 amide bonds. The average Bonchev–Trinajstić information content (AvgIpc) is 2.12. The normalized spacial score (nSPS) is 11.5. The van der Waals surface area contributed by atoms with Crippen LogP contribution in [-0.4, -0.2) is 11.1 Å². The van der Waals surface area contributed by atoms with Crippen LogP contribution in [-0.2, 0) is 4.79 Å². The number of carboxylic acids is 1. The van der Waals surface area contributed by atoms with Crippen molar-refractivity contribution in [2.45, 2.75) is 6.92 Å². The molecule has 0 saturated heterocycles. The summed E-state index contributed by atoms with van der Waals surface area (Å²) < 4.78 is 13.7. The second-order valence-electron chi connectivity index (χ2n) is 2.78. The predicted octanol–water partition coefficient (Wildman–Crippen LogP) is 3.08. The molecular formula is C10H8BrFO2. The first-order valence-electron chi connectivity index (χ1n) is 3.88. The Morgan fingerprint density at radius 3 is 2.79 bits per heavy atom. The topological polar surface area (TPSA) is 37.3 Å². The van der Waals surface area contributed by atoms with Gasteiger partial charge in [-0.05, 0) is 35.0 Å². The molecule has 0 unspecified atom stereocenters. The number of benzene rings is 1. The van der Waals surface area contributed by atoms with E-state index in [0.29, 0.717) is 4.47 Å². The van der Waals surface area contributed by atoms with Gasteiger partial charge in [-0.2, -0.15) is 0 Å². The number of halogens is 2. The van der Waals surface area contributed by atoms with Crippen molar-refractivity contribution in [1.82, 2.24) is 0 Å². The van der Waals surface area contributed by atoms with Crippen molar-refractivity contribution in [3.05, 3.63) is 39.6 Å². The Bertz CT molecular complexity index is 399. The van der Waals surface area contributed by atoms with Crippen LogP contribution in [0, 0.1) is 5.82 Å². The van der Waals surface area contributed by atoms with Gasteiger partial charge >= 0.3 is 5.97 Å². The van der Waals surface area contributed by atoms with Crippen LogP contribution in [0.15, 0.2) is 28.2 Å². The maximum atomic E-state index is 13.3. The predicted molar refractivity (Wildman–Crippen MR) is 55.4 cm³/mol. The average molecular weight is 259 g/mol. The fourth-order valence-electron chi connectivity index (χ4n) is 0.927. The Kier molecular flexibility index (Phi) is 3.41. The van der Waals surface area contributed by atoms with Crippen LogP contribution >= 0.6 is 15.9 Å². The quantitative estimate of drug-likeness (QED) is 0.828. The molecule has 0 aliphatic heterocycles. The minimum atomic E-state index is -1.05. The lowest BCUT2D eigenvalue weighted by atomic mass is 10.1. The first kappa shape index (κ1) is 10.9. The van der Waals surface area contributed by atoms with Crippen LogP contribution in [0.1, 0.15) is 12.5 Å². The molecule has 1 N–H and O–H groups in total. The van der Waals surface area contributed by atoms with Gasteiger partial charge in [0.2, 0.25) is 0 Å². The zero-order valence-electron chi connectivity index (χ0n) is 7.42. The van der Waals surface area contributed by atoms with E-state index in [1.165, 1.54) is 19.1 Å². The lowest BCUT2D eigenvalue weighted by Gasteiger charge is -1.99. The van der Waals surface area contributed by atoms with E-state index in [1.54, 1.807) is 12.1 Å². The van der Waals surface area contributed by atoms with Crippen LogP contribution in [0.5, 0.6) is 0 Å². The Morgan fingerprint density at radius 2 is 2.21 bits per heavy atom. The molecule has 0 aliphatic carbocycles. The van der Waals surface area contributed by atoms with Gasteiger partial charge in [0.1, 0.15) is 5.82 Å². The first-order valence-corrected chi connectivity index (χ1v) is 4.67. The zero-order valence-corrected chi connectivity index (χ0v) is 9.01. The fourth-order valence-corrected chi connectivity index (χ4v) is 1.31. The molecule has 0 spiro atoms. The second kappa shape index (κ2) is 4.37. The minimum absolute atomic E-state index is 0.0991. The highest BCUT2D eigenvalue weighted by molar-refractivity contribution is 9.10. The molecule has 0 atom stereocenters. The van der Waals surface area contributed by atoms with Gasteiger partial charge in [-0.25, -0.2) is 9.18 Å². The molecule has 0 aliphatic rings. The van der Waals surface area contributed by atoms with Crippen LogP contribution in [0.25, 0.3) is 6.08 Å². The van der Waals surface area contributed by atoms with Crippen LogP contribution < -0.4 is 0 Å². The van der Waals surface area contributed by atoms with E-state index in [1.807, 2.05) is 0 Å². The Morgan fingerprint density at radius 1 is 1.57 bits per heavy atom. The molecule has 0 aromatic heterocycles. The van der Waals surface area contributed by atoms with Gasteiger partial charge in [-0.3, -0.25) is 0 Å². The Hall–Kier alpha value is -1.16. The SMILES string of the molecule is C/C(=C/c1cccc(Br)c1F)C(=O)O. The molecule has 1 rings (SSSR count). The Labute approximate surface area is 89.2 Å². The van der Waals surface area contributed by atoms with E-state index in [0.717, 1.165) is 0 Å². The Balaban J connectivity index is 3.15. The summed E-state index contributed by atoms with van der Waals surface area (Å²) in [5.41, 5.74) is 0.362. The van der Waals surface area contributed by atoms with Crippen molar-refractivity contribution >= 4 is 28.0 Å². The number of aliphatic carboxylic acids is 1. The summed E-state index contributed by atoms with van der Waals surface area (Å²) in [6, 6.07) is 4.73. The molecule has 0 radical (unpaired) electrons. The fraction of sp³-hybridized carbons (Fsp3) is 0.100. The van der Waals surface area contributed by atoms with Crippen molar-refractivity contribution in [2.24, 2.45) is 0 Å². The number of hydrogen-bond acceptors (Lipinski definition) is 1. The summed E-state index contributed by atoms with van der Waals surface area (Å²) >= 11 is 3.02. The third-order valence-electron chi connectivity index (χ3n) is 1.69. The maximum Gasteiger partial charge on any atom is 0.331 e. The molecule has 0 saturated carbocycles. The number of hydrogen-bond donors (Lipinski definition) is 1. The van der Waals surface area contributed by atoms with Gasteiger partial charge in [-0.15, -0.1) is 0 Å². The monoisotopic (exact) mass is 258 g/mol. The third kappa shape index (κ3) is 2.42. The molecule has 14 heavy (non-hydrogen) atoms. The smallest absolute Gasteiger partial charge is 0.331 e. The molecule has 1 aromatic rings. The molecule has 2 nitrogen and oxygen atoms in total. The third-order valence-corrected chi connectivity index (χ3v) is 2.30. The summed E-state index contributed by atoms with van der Waals surface area (Å²) in [6.07, 6.45) is 1.29. The van der Waals surface area contributed by atoms with Gasteiger partial charge in [0.15, 0.2) is 0 Å². The summed E-state index contributed by atoms with van der Waals surface area (Å²) in [4.78, 5) is 10.5. The van der Waals surface area contributed by atoms with Crippen molar-refractivity contribution in [1.29, 1.82) is 0 Å². The summed E-state index contributed by atoms with van der Waals surface area (Å²) in [7, 11) is 0. The molecular weight excluding hydrogens is 251 g/mol. The van der Waals surface area contributed by atoms with E-state index in [4.69, 9.17) is 5.11 Å². The number of carbonyl (C=O) groups is 1. The lowest BCUT2D eigenvalue weighted by Crippen LogP contribution is -1.96. The van der Waals surface area contributed by atoms with E-state index < -0.39 is 11.8 Å². The molecule has 0 heterocycles. The van der Waals surface area contributed by atoms with Crippen molar-refractivity contribution in [3.63, 3.8) is 0 Å². The van der Waals surface area contributed by atoms with E-state index in [-0.39, 0.29) is 11.1 Å². The largest absolute Gasteiger partial charge is 0.478 e. The van der Waals surface area contributed by atoms with Gasteiger partial charge in [0.25, 0.3) is 0 Å². The van der Waals surface area contributed by atoms with Crippen molar-refractivity contribution in [2.75, 3.05) is 0 Å². The maximum absolute atomic E-state index is 13.3. The number of rotatable bonds is 2. The van der Waals surface area contributed by atoms with Crippen molar-refractivity contribution in [3.8, 4) is 0 Å². The van der Waals surface area contributed by atoms with Crippen LogP contribution in [0.2, 0.25) is 0 Å². The molecule has 0 fully saturated rings. The highest BCUT2D eigenvalue weighted by Gasteiger charge is 2.06. The van der Waals surface area contributed by atoms with E-state index in [9.17, 15) is 9.18 Å². The van der Waals surface area contributed by atoms with Crippen molar-refractivity contribution < 1.29 is 14.3 Å². The highest BCUT2D eigenvalue weighted by Crippen LogP contribution is 2.20. The highest BCUT2D eigenvalue weighted by atomic mass is 79.9. The first-order chi connectivity index (χ1) is 6.52. The summed E-state index contributed by atoms with van der Waals surface area (Å²) in [6.45, 7) is 1.42. The summed E-state index contributed by atoms with van der Waals surface area (Å²) in [5.74, 6) is -1.50. The lowest BCUT2D eigenvalue weighted by molar-refractivity contribution is -0.132. The molecule has 0 bridgehead atoms. The van der Waals surface area contributed by atoms with Crippen LogP contribution in [0.4, 0.5) is 4.39 Å². The second-order valence-corrected chi connectivity index (χ2v) is 3.63. The van der Waals surface area contributed by atoms with Gasteiger partial charge in [-0.1, -0.05) is 12.1 Å².